The molecule has 1 aliphatic heterocycles. The number of esters is 1. The second-order valence-electron chi connectivity index (χ2n) is 7.46. The fourth-order valence-electron chi connectivity index (χ4n) is 3.89. The lowest BCUT2D eigenvalue weighted by Gasteiger charge is -2.29. The summed E-state index contributed by atoms with van der Waals surface area (Å²) >= 11 is 12.9. The molecule has 2 aromatic rings. The zero-order valence-electron chi connectivity index (χ0n) is 17.1. The molecule has 8 heteroatoms. The minimum absolute atomic E-state index is 0.0454. The average molecular weight is 476 g/mol. The van der Waals surface area contributed by atoms with Gasteiger partial charge in [-0.1, -0.05) is 54.8 Å². The van der Waals surface area contributed by atoms with E-state index in [2.05, 4.69) is 0 Å². The zero-order chi connectivity index (χ0) is 22.0. The molecule has 0 bridgehead atoms. The van der Waals surface area contributed by atoms with Crippen molar-refractivity contribution in [3.63, 3.8) is 0 Å². The third kappa shape index (κ3) is 4.73. The summed E-state index contributed by atoms with van der Waals surface area (Å²) in [7, 11) is 0. The molecule has 5 nitrogen and oxygen atoms in total. The number of benzene rings is 1. The number of hydrogen-bond donors (Lipinski definition) is 0. The molecule has 2 aliphatic rings. The topological polar surface area (TPSA) is 59.8 Å². The minimum atomic E-state index is -0.479. The smallest absolute Gasteiger partial charge is 0.339 e. The first kappa shape index (κ1) is 22.1. The summed E-state index contributed by atoms with van der Waals surface area (Å²) in [5.41, 5.74) is 0.981. The summed E-state index contributed by atoms with van der Waals surface area (Å²) in [5, 5.41) is 0.320. The van der Waals surface area contributed by atoms with Crippen molar-refractivity contribution in [3.8, 4) is 11.3 Å². The molecule has 1 saturated carbocycles. The zero-order valence-corrected chi connectivity index (χ0v) is 19.4. The number of ether oxygens (including phenoxy) is 1. The van der Waals surface area contributed by atoms with Crippen LogP contribution in [0.4, 0.5) is 0 Å². The van der Waals surface area contributed by atoms with Crippen LogP contribution in [0, 0.1) is 0 Å². The molecule has 4 rings (SSSR count). The number of rotatable bonds is 5. The number of halogens is 1. The van der Waals surface area contributed by atoms with Gasteiger partial charge in [0.15, 0.2) is 0 Å². The quantitative estimate of drug-likeness (QED) is 0.287. The number of carbonyl (C=O) groups excluding carboxylic acids is 2. The fourth-order valence-corrected chi connectivity index (χ4v) is 5.47. The normalized spacial score (nSPS) is 18.8. The Kier molecular flexibility index (Phi) is 6.84. The first-order valence-electron chi connectivity index (χ1n) is 10.3. The van der Waals surface area contributed by atoms with Crippen LogP contribution < -0.4 is 0 Å². The first-order valence-corrected chi connectivity index (χ1v) is 11.9. The summed E-state index contributed by atoms with van der Waals surface area (Å²) in [5.74, 6) is 0.589. The molecule has 2 heterocycles. The Bertz CT molecular complexity index is 1060. The average Bonchev–Trinajstić information content (AvgIpc) is 3.33. The van der Waals surface area contributed by atoms with Crippen LogP contribution in [0.5, 0.6) is 0 Å². The number of hydrogen-bond acceptors (Lipinski definition) is 6. The predicted octanol–water partition coefficient (Wildman–Crippen LogP) is 6.31. The lowest BCUT2D eigenvalue weighted by atomic mass is 9.94. The Labute approximate surface area is 195 Å². The highest BCUT2D eigenvalue weighted by atomic mass is 35.5. The van der Waals surface area contributed by atoms with Gasteiger partial charge in [-0.2, -0.15) is 0 Å². The van der Waals surface area contributed by atoms with Gasteiger partial charge in [0, 0.05) is 17.7 Å². The monoisotopic (exact) mass is 475 g/mol. The molecular formula is C23H22ClNO4S2. The third-order valence-electron chi connectivity index (χ3n) is 5.41. The van der Waals surface area contributed by atoms with Gasteiger partial charge in [0.2, 0.25) is 0 Å². The van der Waals surface area contributed by atoms with E-state index in [0.29, 0.717) is 31.3 Å². The summed E-state index contributed by atoms with van der Waals surface area (Å²) in [6.45, 7) is 2.01. The van der Waals surface area contributed by atoms with Gasteiger partial charge in [-0.15, -0.1) is 0 Å². The molecule has 1 saturated heterocycles. The summed E-state index contributed by atoms with van der Waals surface area (Å²) in [4.78, 5) is 27.4. The Morgan fingerprint density at radius 2 is 2.06 bits per heavy atom. The molecule has 2 fully saturated rings. The van der Waals surface area contributed by atoms with Crippen LogP contribution in [0.2, 0.25) is 5.02 Å². The number of amides is 1. The Morgan fingerprint density at radius 3 is 2.81 bits per heavy atom. The van der Waals surface area contributed by atoms with E-state index in [1.165, 1.54) is 18.2 Å². The van der Waals surface area contributed by atoms with Crippen molar-refractivity contribution in [1.29, 1.82) is 0 Å². The molecule has 31 heavy (non-hydrogen) atoms. The molecule has 162 valence electrons. The minimum Gasteiger partial charge on any atom is -0.462 e. The number of furan rings is 1. The number of thiocarbonyl (C=S) groups is 1. The van der Waals surface area contributed by atoms with Gasteiger partial charge < -0.3 is 9.15 Å². The first-order chi connectivity index (χ1) is 15.0. The molecular weight excluding hydrogens is 454 g/mol. The van der Waals surface area contributed by atoms with Crippen LogP contribution >= 0.6 is 35.6 Å². The lowest BCUT2D eigenvalue weighted by Crippen LogP contribution is -2.39. The second kappa shape index (κ2) is 9.59. The van der Waals surface area contributed by atoms with E-state index in [-0.39, 0.29) is 24.1 Å². The number of nitrogens with zero attached hydrogens (tertiary/aromatic N) is 1. The van der Waals surface area contributed by atoms with E-state index < -0.39 is 5.97 Å². The van der Waals surface area contributed by atoms with Crippen molar-refractivity contribution in [2.75, 3.05) is 6.61 Å². The Balaban J connectivity index is 1.55. The van der Waals surface area contributed by atoms with Crippen LogP contribution in [-0.4, -0.2) is 33.7 Å². The Morgan fingerprint density at radius 1 is 1.29 bits per heavy atom. The SMILES string of the molecule is CCOC(=O)c1cc(-c2ccc(/C=C3\SC(=S)N(C4CCCCC4)C3=O)o2)ccc1Cl. The molecule has 1 amide bonds. The maximum absolute atomic E-state index is 13.0. The van der Waals surface area contributed by atoms with E-state index in [9.17, 15) is 9.59 Å². The Hall–Kier alpha value is -2.09. The van der Waals surface area contributed by atoms with Crippen LogP contribution in [0.15, 0.2) is 39.7 Å². The van der Waals surface area contributed by atoms with Crippen molar-refractivity contribution >= 4 is 57.9 Å². The third-order valence-corrected chi connectivity index (χ3v) is 7.07. The molecule has 0 atom stereocenters. The van der Waals surface area contributed by atoms with Gasteiger partial charge in [-0.3, -0.25) is 9.69 Å². The van der Waals surface area contributed by atoms with Crippen molar-refractivity contribution in [2.45, 2.75) is 45.1 Å². The van der Waals surface area contributed by atoms with Crippen LogP contribution in [0.1, 0.15) is 55.1 Å². The summed E-state index contributed by atoms with van der Waals surface area (Å²) in [6.07, 6.45) is 7.23. The van der Waals surface area contributed by atoms with Crippen molar-refractivity contribution in [2.24, 2.45) is 0 Å². The maximum atomic E-state index is 13.0. The highest BCUT2D eigenvalue weighted by Crippen LogP contribution is 2.38. The predicted molar refractivity (Wildman–Crippen MR) is 127 cm³/mol. The van der Waals surface area contributed by atoms with Gasteiger partial charge >= 0.3 is 5.97 Å². The molecule has 0 unspecified atom stereocenters. The highest BCUT2D eigenvalue weighted by molar-refractivity contribution is 8.26. The van der Waals surface area contributed by atoms with Crippen LogP contribution in [0.25, 0.3) is 17.4 Å². The molecule has 0 spiro atoms. The number of carbonyl (C=O) groups is 2. The second-order valence-corrected chi connectivity index (χ2v) is 9.54. The largest absolute Gasteiger partial charge is 0.462 e. The van der Waals surface area contributed by atoms with Gasteiger partial charge in [-0.05, 0) is 50.1 Å². The van der Waals surface area contributed by atoms with E-state index in [0.717, 1.165) is 25.7 Å². The van der Waals surface area contributed by atoms with Gasteiger partial charge in [-0.25, -0.2) is 4.79 Å². The van der Waals surface area contributed by atoms with Gasteiger partial charge in [0.25, 0.3) is 5.91 Å². The van der Waals surface area contributed by atoms with E-state index in [1.54, 1.807) is 48.2 Å². The summed E-state index contributed by atoms with van der Waals surface area (Å²) in [6, 6.07) is 8.85. The van der Waals surface area contributed by atoms with Crippen LogP contribution in [0.3, 0.4) is 0 Å². The highest BCUT2D eigenvalue weighted by Gasteiger charge is 2.37. The van der Waals surface area contributed by atoms with Crippen molar-refractivity contribution in [3.05, 3.63) is 51.6 Å². The van der Waals surface area contributed by atoms with E-state index in [4.69, 9.17) is 33.0 Å². The summed E-state index contributed by atoms with van der Waals surface area (Å²) < 4.78 is 11.6. The maximum Gasteiger partial charge on any atom is 0.339 e. The molecule has 0 radical (unpaired) electrons. The number of thioether (sulfide) groups is 1. The fraction of sp³-hybridized carbons (Fsp3) is 0.348. The van der Waals surface area contributed by atoms with Crippen LogP contribution in [-0.2, 0) is 9.53 Å². The van der Waals surface area contributed by atoms with E-state index >= 15 is 0 Å². The van der Waals surface area contributed by atoms with Gasteiger partial charge in [0.05, 0.1) is 22.1 Å². The molecule has 0 N–H and O–H groups in total. The standard InChI is InChI=1S/C23H22ClNO4S2/c1-2-28-22(27)17-12-14(8-10-18(17)24)19-11-9-16(29-19)13-20-21(26)25(23(30)31-20)15-6-4-3-5-7-15/h8-13,15H,2-7H2,1H3/b20-13-. The van der Waals surface area contributed by atoms with E-state index in [1.807, 2.05) is 0 Å². The molecule has 1 aliphatic carbocycles. The van der Waals surface area contributed by atoms with Crippen molar-refractivity contribution < 1.29 is 18.7 Å². The van der Waals surface area contributed by atoms with Crippen molar-refractivity contribution in [1.82, 2.24) is 4.90 Å². The molecule has 1 aromatic carbocycles. The lowest BCUT2D eigenvalue weighted by molar-refractivity contribution is -0.124. The molecule has 1 aromatic heterocycles. The van der Waals surface area contributed by atoms with Gasteiger partial charge in [0.1, 0.15) is 15.8 Å².